The van der Waals surface area contributed by atoms with Crippen LogP contribution in [0.1, 0.15) is 18.2 Å². The van der Waals surface area contributed by atoms with Gasteiger partial charge in [0.2, 0.25) is 0 Å². The van der Waals surface area contributed by atoms with Crippen molar-refractivity contribution in [3.63, 3.8) is 0 Å². The molecule has 4 rings (SSSR count). The van der Waals surface area contributed by atoms with Crippen molar-refractivity contribution < 1.29 is 30.7 Å². The van der Waals surface area contributed by atoms with Gasteiger partial charge in [0.25, 0.3) is 31.7 Å². The fourth-order valence-corrected chi connectivity index (χ4v) is 6.88. The monoisotopic (exact) mass is 842 g/mol. The number of hydrogen-bond acceptors (Lipinski definition) is 7. The maximum absolute atomic E-state index is 13.0. The van der Waals surface area contributed by atoms with Gasteiger partial charge in [0.15, 0.2) is 0 Å². The zero-order valence-corrected chi connectivity index (χ0v) is 28.2. The SMILES string of the molecule is CC1=NN(c2ccc(S(=O)(=O)O)cc2[124I])C(=O)\C1=C/C=C/C=C/C=C/c1c(C)[nH]n(-c2ccc(S(=O)(=O)O)cc2[124I])c1=O. The minimum absolute atomic E-state index is 0.272. The number of rotatable bonds is 8. The first-order valence-corrected chi connectivity index (χ1v) is 17.1. The Kier molecular flexibility index (Phi) is 9.76. The molecule has 3 N–H and O–H groups in total. The number of benzene rings is 2. The largest absolute Gasteiger partial charge is 0.295 e. The Balaban J connectivity index is 1.45. The predicted octanol–water partition coefficient (Wildman–Crippen LogP) is 4.65. The minimum atomic E-state index is -4.38. The third-order valence-electron chi connectivity index (χ3n) is 6.05. The van der Waals surface area contributed by atoms with E-state index in [1.807, 2.05) is 45.2 Å². The van der Waals surface area contributed by atoms with Gasteiger partial charge in [-0.05, 0) is 108 Å². The zero-order valence-electron chi connectivity index (χ0n) is 22.3. The van der Waals surface area contributed by atoms with Gasteiger partial charge in [0, 0.05) is 12.8 Å². The normalized spacial score (nSPS) is 15.6. The van der Waals surface area contributed by atoms with E-state index in [1.54, 1.807) is 56.4 Å². The fraction of sp³-hybridized carbons (Fsp3) is 0.0741. The highest BCUT2D eigenvalue weighted by Gasteiger charge is 2.30. The van der Waals surface area contributed by atoms with Crippen molar-refractivity contribution in [2.75, 3.05) is 5.01 Å². The molecule has 43 heavy (non-hydrogen) atoms. The van der Waals surface area contributed by atoms with Gasteiger partial charge in [0.05, 0.1) is 38.0 Å². The summed E-state index contributed by atoms with van der Waals surface area (Å²) in [5, 5.41) is 8.40. The molecule has 16 heteroatoms. The van der Waals surface area contributed by atoms with Crippen molar-refractivity contribution in [2.45, 2.75) is 23.6 Å². The van der Waals surface area contributed by atoms with E-state index in [-0.39, 0.29) is 15.4 Å². The van der Waals surface area contributed by atoms with E-state index in [2.05, 4.69) is 10.2 Å². The second-order valence-corrected chi connectivity index (χ2v) is 14.1. The number of aromatic amines is 1. The number of allylic oxidation sites excluding steroid dienone is 6. The Morgan fingerprint density at radius 1 is 0.814 bits per heavy atom. The number of halogens is 2. The number of amides is 1. The van der Waals surface area contributed by atoms with E-state index in [9.17, 15) is 35.5 Å². The van der Waals surface area contributed by atoms with Crippen molar-refractivity contribution in [3.8, 4) is 5.69 Å². The van der Waals surface area contributed by atoms with E-state index in [0.29, 0.717) is 41.1 Å². The van der Waals surface area contributed by atoms with E-state index < -0.39 is 26.1 Å². The van der Waals surface area contributed by atoms with E-state index in [1.165, 1.54) is 46.1 Å². The van der Waals surface area contributed by atoms with Gasteiger partial charge >= 0.3 is 0 Å². The number of anilines is 1. The smallest absolute Gasteiger partial charge is 0.294 e. The molecule has 0 unspecified atom stereocenters. The Labute approximate surface area is 273 Å². The van der Waals surface area contributed by atoms with Crippen molar-refractivity contribution in [2.24, 2.45) is 5.10 Å². The highest BCUT2D eigenvalue weighted by molar-refractivity contribution is 14.1. The lowest BCUT2D eigenvalue weighted by molar-refractivity contribution is -0.114. The number of carbonyl (C=O) groups is 1. The summed E-state index contributed by atoms with van der Waals surface area (Å²) in [5.41, 5.74) is 2.25. The molecule has 0 saturated heterocycles. The molecule has 3 aromatic rings. The molecule has 224 valence electrons. The van der Waals surface area contributed by atoms with Crippen molar-refractivity contribution in [1.82, 2.24) is 9.78 Å². The third kappa shape index (κ3) is 7.32. The zero-order chi connectivity index (χ0) is 31.7. The Morgan fingerprint density at radius 3 is 1.91 bits per heavy atom. The molecule has 0 atom stereocenters. The maximum Gasteiger partial charge on any atom is 0.294 e. The number of hydrogen-bond donors (Lipinski definition) is 3. The molecule has 2 aromatic carbocycles. The van der Waals surface area contributed by atoms with Gasteiger partial charge < -0.3 is 0 Å². The lowest BCUT2D eigenvalue weighted by Gasteiger charge is -2.14. The van der Waals surface area contributed by atoms with Crippen molar-refractivity contribution in [3.05, 3.63) is 107 Å². The second kappa shape index (κ2) is 12.8. The first-order valence-electron chi connectivity index (χ1n) is 12.1. The van der Waals surface area contributed by atoms with E-state index in [0.717, 1.165) is 0 Å². The van der Waals surface area contributed by atoms with Crippen LogP contribution in [0.4, 0.5) is 5.69 Å². The average molecular weight is 842 g/mol. The molecule has 1 amide bonds. The van der Waals surface area contributed by atoms with Crippen LogP contribution < -0.4 is 10.6 Å². The van der Waals surface area contributed by atoms with Crippen LogP contribution in [-0.2, 0) is 25.0 Å². The summed E-state index contributed by atoms with van der Waals surface area (Å²) >= 11 is 3.75. The van der Waals surface area contributed by atoms with Crippen LogP contribution in [0.15, 0.2) is 98.1 Å². The summed E-state index contributed by atoms with van der Waals surface area (Å²) in [6.45, 7) is 3.40. The molecular formula is C27H22I2N4O8S2. The number of aromatic nitrogens is 2. The molecule has 0 saturated carbocycles. The summed E-state index contributed by atoms with van der Waals surface area (Å²) < 4.78 is 66.2. The number of aryl methyl sites for hydroxylation is 1. The lowest BCUT2D eigenvalue weighted by atomic mass is 10.1. The Hall–Kier alpha value is -3.17. The van der Waals surface area contributed by atoms with Gasteiger partial charge in [-0.15, -0.1) is 0 Å². The summed E-state index contributed by atoms with van der Waals surface area (Å²) in [7, 11) is -8.75. The van der Waals surface area contributed by atoms with Crippen LogP contribution in [0.25, 0.3) is 11.8 Å². The van der Waals surface area contributed by atoms with Crippen LogP contribution in [0.3, 0.4) is 0 Å². The molecule has 0 aliphatic carbocycles. The number of nitrogens with one attached hydrogen (secondary N) is 1. The summed E-state index contributed by atoms with van der Waals surface area (Å²) in [6, 6.07) is 7.74. The molecule has 0 spiro atoms. The minimum Gasteiger partial charge on any atom is -0.295 e. The molecule has 0 fully saturated rings. The van der Waals surface area contributed by atoms with Gasteiger partial charge in [-0.25, -0.2) is 4.68 Å². The summed E-state index contributed by atoms with van der Waals surface area (Å²) in [5.74, 6) is -0.398. The molecular weight excluding hydrogens is 820 g/mol. The third-order valence-corrected chi connectivity index (χ3v) is 9.48. The lowest BCUT2D eigenvalue weighted by Crippen LogP contribution is -2.22. The highest BCUT2D eigenvalue weighted by atomic mass is 124. The first kappa shape index (κ1) is 32.7. The number of nitrogens with zero attached hydrogens (tertiary/aromatic N) is 3. The van der Waals surface area contributed by atoms with Crippen LogP contribution in [-0.4, -0.2) is 47.3 Å². The fourth-order valence-electron chi connectivity index (χ4n) is 3.94. The van der Waals surface area contributed by atoms with E-state index in [4.69, 9.17) is 0 Å². The molecule has 1 aliphatic rings. The Morgan fingerprint density at radius 2 is 1.35 bits per heavy atom. The van der Waals surface area contributed by atoms with Gasteiger partial charge in [0.1, 0.15) is 0 Å². The number of hydrazone groups is 1. The predicted molar refractivity (Wildman–Crippen MR) is 179 cm³/mol. The van der Waals surface area contributed by atoms with Crippen molar-refractivity contribution in [1.29, 1.82) is 0 Å². The maximum atomic E-state index is 13.0. The molecule has 1 aromatic heterocycles. The first-order chi connectivity index (χ1) is 20.1. The quantitative estimate of drug-likeness (QED) is 0.127. The summed E-state index contributed by atoms with van der Waals surface area (Å²) in [4.78, 5) is 25.4. The van der Waals surface area contributed by atoms with Gasteiger partial charge in [-0.1, -0.05) is 30.4 Å². The molecule has 2 heterocycles. The van der Waals surface area contributed by atoms with Gasteiger partial charge in [-0.2, -0.15) is 26.9 Å². The number of carbonyl (C=O) groups excluding carboxylic acids is 1. The molecule has 0 radical (unpaired) electrons. The number of H-pyrrole nitrogens is 1. The molecule has 0 bridgehead atoms. The average Bonchev–Trinajstić information content (AvgIpc) is 3.35. The topological polar surface area (TPSA) is 179 Å². The van der Waals surface area contributed by atoms with Crippen LogP contribution >= 0.6 is 45.2 Å². The standard InChI is InChI=1S/C27H22I2N4O8S2/c1-16-20(26(34)32(30-16)24-12-10-18(14-22(24)28)42(36,37)38)8-6-4-3-5-7-9-21-17(2)31-33(27(21)35)25-13-11-19(15-23(25)29)43(39,40)41/h3-15,30H,1-2H3,(H,36,37,38)(H,39,40,41)/b4-3+,7-5+,8-6+,21-9-/i28-3,29-3. The summed E-state index contributed by atoms with van der Waals surface area (Å²) in [6.07, 6.45) is 11.6. The van der Waals surface area contributed by atoms with Crippen LogP contribution in [0, 0.1) is 14.1 Å². The second-order valence-electron chi connectivity index (χ2n) is 8.98. The van der Waals surface area contributed by atoms with Gasteiger partial charge in [-0.3, -0.25) is 23.8 Å². The van der Waals surface area contributed by atoms with Crippen molar-refractivity contribution >= 4 is 88.8 Å². The Bertz CT molecular complexity index is 2070. The highest BCUT2D eigenvalue weighted by Crippen LogP contribution is 2.30. The molecule has 12 nitrogen and oxygen atoms in total. The molecule has 1 aliphatic heterocycles. The van der Waals surface area contributed by atoms with Crippen LogP contribution in [0.2, 0.25) is 0 Å². The van der Waals surface area contributed by atoms with E-state index >= 15 is 0 Å². The van der Waals surface area contributed by atoms with Crippen LogP contribution in [0.5, 0.6) is 0 Å².